The molecule has 2 heterocycles. The monoisotopic (exact) mass is 337 g/mol. The molecule has 2 N–H and O–H groups in total. The minimum atomic E-state index is -0.158. The summed E-state index contributed by atoms with van der Waals surface area (Å²) in [5, 5.41) is 5.78. The van der Waals surface area contributed by atoms with Crippen LogP contribution in [0.3, 0.4) is 0 Å². The lowest BCUT2D eigenvalue weighted by molar-refractivity contribution is 0.0915. The molecule has 0 radical (unpaired) electrons. The lowest BCUT2D eigenvalue weighted by atomic mass is 10.0. The lowest BCUT2D eigenvalue weighted by Crippen LogP contribution is -2.42. The van der Waals surface area contributed by atoms with Gasteiger partial charge in [-0.1, -0.05) is 24.3 Å². The summed E-state index contributed by atoms with van der Waals surface area (Å²) in [5.74, 6) is 0.726. The maximum Gasteiger partial charge on any atom is 0.321 e. The van der Waals surface area contributed by atoms with Gasteiger partial charge in [-0.25, -0.2) is 4.79 Å². The minimum absolute atomic E-state index is 0.0684. The van der Waals surface area contributed by atoms with E-state index in [0.717, 1.165) is 23.4 Å². The number of fused-ring (bicyclic) bond motifs is 1. The van der Waals surface area contributed by atoms with E-state index in [1.165, 1.54) is 0 Å². The van der Waals surface area contributed by atoms with Crippen LogP contribution in [0.4, 0.5) is 10.5 Å². The zero-order chi connectivity index (χ0) is 17.2. The highest BCUT2D eigenvalue weighted by atomic mass is 16.5. The molecule has 2 aliphatic rings. The molecular formula is C19H19N3O3. The van der Waals surface area contributed by atoms with E-state index in [-0.39, 0.29) is 18.0 Å². The van der Waals surface area contributed by atoms with Crippen molar-refractivity contribution in [2.45, 2.75) is 12.5 Å². The first-order valence-corrected chi connectivity index (χ1v) is 8.38. The van der Waals surface area contributed by atoms with E-state index in [1.54, 1.807) is 23.1 Å². The number of carbonyl (C=O) groups is 2. The summed E-state index contributed by atoms with van der Waals surface area (Å²) in [6.07, 6.45) is 0.746. The number of anilines is 1. The molecule has 128 valence electrons. The first-order chi connectivity index (χ1) is 12.2. The number of ether oxygens (including phenoxy) is 1. The number of rotatable bonds is 3. The van der Waals surface area contributed by atoms with Crippen molar-refractivity contribution in [3.63, 3.8) is 0 Å². The van der Waals surface area contributed by atoms with E-state index < -0.39 is 0 Å². The molecule has 25 heavy (non-hydrogen) atoms. The molecule has 6 heteroatoms. The van der Waals surface area contributed by atoms with E-state index in [2.05, 4.69) is 10.6 Å². The van der Waals surface area contributed by atoms with Gasteiger partial charge in [0.1, 0.15) is 12.4 Å². The third-order valence-electron chi connectivity index (χ3n) is 4.49. The Morgan fingerprint density at radius 3 is 2.92 bits per heavy atom. The van der Waals surface area contributed by atoms with Crippen LogP contribution in [0.5, 0.6) is 5.75 Å². The Morgan fingerprint density at radius 1 is 1.20 bits per heavy atom. The Bertz CT molecular complexity index is 821. The van der Waals surface area contributed by atoms with E-state index in [0.29, 0.717) is 25.3 Å². The maximum atomic E-state index is 12.6. The average Bonchev–Trinajstić information content (AvgIpc) is 3.08. The topological polar surface area (TPSA) is 70.7 Å². The first-order valence-electron chi connectivity index (χ1n) is 8.38. The first kappa shape index (κ1) is 15.5. The van der Waals surface area contributed by atoms with Gasteiger partial charge in [0, 0.05) is 24.3 Å². The van der Waals surface area contributed by atoms with Crippen LogP contribution in [-0.4, -0.2) is 37.7 Å². The Hall–Kier alpha value is -3.02. The molecule has 1 saturated heterocycles. The highest BCUT2D eigenvalue weighted by molar-refractivity contribution is 5.98. The fourth-order valence-electron chi connectivity index (χ4n) is 3.22. The van der Waals surface area contributed by atoms with Gasteiger partial charge in [-0.05, 0) is 36.2 Å². The molecule has 0 unspecified atom stereocenters. The number of hydrogen-bond acceptors (Lipinski definition) is 3. The molecule has 2 aliphatic heterocycles. The number of hydrogen-bond donors (Lipinski definition) is 2. The van der Waals surface area contributed by atoms with Crippen LogP contribution in [0, 0.1) is 0 Å². The molecule has 0 aromatic heterocycles. The van der Waals surface area contributed by atoms with Crippen molar-refractivity contribution in [2.75, 3.05) is 24.6 Å². The van der Waals surface area contributed by atoms with Crippen LogP contribution in [0.2, 0.25) is 0 Å². The number of amides is 3. The van der Waals surface area contributed by atoms with Crippen molar-refractivity contribution in [2.24, 2.45) is 0 Å². The fraction of sp³-hybridized carbons (Fsp3) is 0.263. The number of benzene rings is 2. The summed E-state index contributed by atoms with van der Waals surface area (Å²) in [4.78, 5) is 26.0. The SMILES string of the molecule is O=C(N[C@H]1COc2ccccc2C1)c1cccc(N2CCNC2=O)c1. The minimum Gasteiger partial charge on any atom is -0.491 e. The average molecular weight is 337 g/mol. The maximum absolute atomic E-state index is 12.6. The zero-order valence-corrected chi connectivity index (χ0v) is 13.7. The standard InChI is InChI=1S/C19H19N3O3/c23-18(21-15-10-13-4-1-2-7-17(13)25-12-15)14-5-3-6-16(11-14)22-9-8-20-19(22)24/h1-7,11,15H,8-10,12H2,(H,20,24)(H,21,23)/t15-/m1/s1. The van der Waals surface area contributed by atoms with Crippen molar-refractivity contribution >= 4 is 17.6 Å². The second-order valence-electron chi connectivity index (χ2n) is 6.23. The molecular weight excluding hydrogens is 318 g/mol. The summed E-state index contributed by atoms with van der Waals surface area (Å²) in [6.45, 7) is 1.68. The van der Waals surface area contributed by atoms with Gasteiger partial charge in [0.25, 0.3) is 5.91 Å². The summed E-state index contributed by atoms with van der Waals surface area (Å²) >= 11 is 0. The molecule has 0 saturated carbocycles. The van der Waals surface area contributed by atoms with Crippen LogP contribution in [-0.2, 0) is 6.42 Å². The predicted molar refractivity (Wildman–Crippen MR) is 94.1 cm³/mol. The molecule has 1 atom stereocenters. The second-order valence-corrected chi connectivity index (χ2v) is 6.23. The van der Waals surface area contributed by atoms with Crippen molar-refractivity contribution in [1.29, 1.82) is 0 Å². The Morgan fingerprint density at radius 2 is 2.08 bits per heavy atom. The van der Waals surface area contributed by atoms with Gasteiger partial charge >= 0.3 is 6.03 Å². The van der Waals surface area contributed by atoms with Crippen LogP contribution in [0.15, 0.2) is 48.5 Å². The lowest BCUT2D eigenvalue weighted by Gasteiger charge is -2.26. The van der Waals surface area contributed by atoms with Gasteiger partial charge < -0.3 is 15.4 Å². The number of urea groups is 1. The second kappa shape index (κ2) is 6.47. The van der Waals surface area contributed by atoms with Gasteiger partial charge in [-0.15, -0.1) is 0 Å². The molecule has 2 aromatic rings. The molecule has 1 fully saturated rings. The normalized spacial score (nSPS) is 19.0. The van der Waals surface area contributed by atoms with E-state index >= 15 is 0 Å². The summed E-state index contributed by atoms with van der Waals surface area (Å²) < 4.78 is 5.72. The van der Waals surface area contributed by atoms with Gasteiger partial charge in [-0.3, -0.25) is 9.69 Å². The molecule has 0 aliphatic carbocycles. The fourth-order valence-corrected chi connectivity index (χ4v) is 3.22. The number of nitrogens with one attached hydrogen (secondary N) is 2. The van der Waals surface area contributed by atoms with Crippen LogP contribution >= 0.6 is 0 Å². The van der Waals surface area contributed by atoms with Gasteiger partial charge in [-0.2, -0.15) is 0 Å². The van der Waals surface area contributed by atoms with Crippen molar-refractivity contribution in [1.82, 2.24) is 10.6 Å². The molecule has 4 rings (SSSR count). The van der Waals surface area contributed by atoms with Crippen molar-refractivity contribution in [3.8, 4) is 5.75 Å². The number of carbonyl (C=O) groups excluding carboxylic acids is 2. The van der Waals surface area contributed by atoms with E-state index in [4.69, 9.17) is 4.74 Å². The molecule has 6 nitrogen and oxygen atoms in total. The van der Waals surface area contributed by atoms with Crippen LogP contribution in [0.25, 0.3) is 0 Å². The zero-order valence-electron chi connectivity index (χ0n) is 13.7. The van der Waals surface area contributed by atoms with Crippen LogP contribution in [0.1, 0.15) is 15.9 Å². The highest BCUT2D eigenvalue weighted by Crippen LogP contribution is 2.24. The molecule has 3 amide bonds. The summed E-state index contributed by atoms with van der Waals surface area (Å²) in [5.41, 5.74) is 2.37. The van der Waals surface area contributed by atoms with Gasteiger partial charge in [0.2, 0.25) is 0 Å². The third-order valence-corrected chi connectivity index (χ3v) is 4.49. The largest absolute Gasteiger partial charge is 0.491 e. The summed E-state index contributed by atoms with van der Waals surface area (Å²) in [6, 6.07) is 14.8. The van der Waals surface area contributed by atoms with Crippen LogP contribution < -0.4 is 20.3 Å². The smallest absolute Gasteiger partial charge is 0.321 e. The van der Waals surface area contributed by atoms with Gasteiger partial charge in [0.15, 0.2) is 0 Å². The van der Waals surface area contributed by atoms with Crippen molar-refractivity contribution in [3.05, 3.63) is 59.7 Å². The quantitative estimate of drug-likeness (QED) is 0.899. The Balaban J connectivity index is 1.46. The van der Waals surface area contributed by atoms with E-state index in [1.807, 2.05) is 30.3 Å². The van der Waals surface area contributed by atoms with E-state index in [9.17, 15) is 9.59 Å². The molecule has 0 spiro atoms. The Kier molecular flexibility index (Phi) is 4.01. The highest BCUT2D eigenvalue weighted by Gasteiger charge is 2.24. The van der Waals surface area contributed by atoms with Crippen molar-refractivity contribution < 1.29 is 14.3 Å². The number of para-hydroxylation sites is 1. The Labute approximate surface area is 145 Å². The molecule has 2 aromatic carbocycles. The predicted octanol–water partition coefficient (Wildman–Crippen LogP) is 1.95. The van der Waals surface area contributed by atoms with Gasteiger partial charge in [0.05, 0.1) is 6.04 Å². The summed E-state index contributed by atoms with van der Waals surface area (Å²) in [7, 11) is 0. The molecule has 0 bridgehead atoms. The number of nitrogens with zero attached hydrogens (tertiary/aromatic N) is 1. The third kappa shape index (κ3) is 3.15.